The Morgan fingerprint density at radius 1 is 1.04 bits per heavy atom. The van der Waals surface area contributed by atoms with Gasteiger partial charge < -0.3 is 9.80 Å². The van der Waals surface area contributed by atoms with E-state index in [2.05, 4.69) is 11.9 Å². The molecule has 0 radical (unpaired) electrons. The lowest BCUT2D eigenvalue weighted by Crippen LogP contribution is -2.50. The summed E-state index contributed by atoms with van der Waals surface area (Å²) in [4.78, 5) is 32.5. The first-order valence-corrected chi connectivity index (χ1v) is 8.92. The number of piperazine rings is 1. The van der Waals surface area contributed by atoms with E-state index in [1.807, 2.05) is 41.3 Å². The first kappa shape index (κ1) is 17.9. The molecule has 0 unspecified atom stereocenters. The van der Waals surface area contributed by atoms with Gasteiger partial charge in [-0.2, -0.15) is 0 Å². The number of rotatable bonds is 4. The molecule has 1 aliphatic heterocycles. The Morgan fingerprint density at radius 2 is 1.73 bits per heavy atom. The van der Waals surface area contributed by atoms with Crippen LogP contribution < -0.4 is 0 Å². The van der Waals surface area contributed by atoms with E-state index in [-0.39, 0.29) is 11.8 Å². The number of benzene rings is 1. The molecule has 3 rings (SSSR count). The van der Waals surface area contributed by atoms with Crippen molar-refractivity contribution in [3.05, 3.63) is 71.6 Å². The van der Waals surface area contributed by atoms with Gasteiger partial charge in [0.2, 0.25) is 5.91 Å². The smallest absolute Gasteiger partial charge is 0.253 e. The lowest BCUT2D eigenvalue weighted by Gasteiger charge is -2.34. The molecule has 1 aromatic heterocycles. The summed E-state index contributed by atoms with van der Waals surface area (Å²) in [5, 5.41) is 0. The Bertz CT molecular complexity index is 777. The summed E-state index contributed by atoms with van der Waals surface area (Å²) in [6.07, 6.45) is 7.71. The Hall–Kier alpha value is -2.95. The van der Waals surface area contributed by atoms with Gasteiger partial charge in [-0.1, -0.05) is 25.1 Å². The maximum atomic E-state index is 12.6. The van der Waals surface area contributed by atoms with Gasteiger partial charge >= 0.3 is 0 Å². The second-order valence-corrected chi connectivity index (χ2v) is 6.29. The average molecular weight is 349 g/mol. The van der Waals surface area contributed by atoms with Crippen molar-refractivity contribution >= 4 is 17.9 Å². The number of hydrogen-bond donors (Lipinski definition) is 0. The number of pyridine rings is 1. The van der Waals surface area contributed by atoms with Gasteiger partial charge in [0.25, 0.3) is 5.91 Å². The van der Waals surface area contributed by atoms with Crippen molar-refractivity contribution in [1.29, 1.82) is 0 Å². The molecule has 1 fully saturated rings. The minimum Gasteiger partial charge on any atom is -0.336 e. The summed E-state index contributed by atoms with van der Waals surface area (Å²) in [6.45, 7) is 4.31. The molecule has 5 heteroatoms. The largest absolute Gasteiger partial charge is 0.336 e. The molecule has 1 aromatic carbocycles. The van der Waals surface area contributed by atoms with Crippen LogP contribution in [0, 0.1) is 0 Å². The monoisotopic (exact) mass is 349 g/mol. The van der Waals surface area contributed by atoms with Gasteiger partial charge in [0.15, 0.2) is 0 Å². The second kappa shape index (κ2) is 8.43. The standard InChI is InChI=1S/C21H23N3O2/c1-2-17-5-8-19(9-6-17)21(26)24-14-12-23(13-15-24)20(25)10-7-18-4-3-11-22-16-18/h3-11,16H,2,12-15H2,1H3/b10-7+. The zero-order chi connectivity index (χ0) is 18.4. The number of aryl methyl sites for hydroxylation is 1. The molecule has 0 aliphatic carbocycles. The molecule has 1 aliphatic rings. The van der Waals surface area contributed by atoms with Crippen LogP contribution in [0.5, 0.6) is 0 Å². The highest BCUT2D eigenvalue weighted by molar-refractivity contribution is 5.95. The van der Waals surface area contributed by atoms with Crippen LogP contribution in [-0.4, -0.2) is 52.8 Å². The average Bonchev–Trinajstić information content (AvgIpc) is 2.72. The lowest BCUT2D eigenvalue weighted by atomic mass is 10.1. The van der Waals surface area contributed by atoms with Crippen molar-refractivity contribution < 1.29 is 9.59 Å². The van der Waals surface area contributed by atoms with E-state index in [1.165, 1.54) is 5.56 Å². The van der Waals surface area contributed by atoms with Gasteiger partial charge in [0, 0.05) is 50.2 Å². The van der Waals surface area contributed by atoms with Crippen molar-refractivity contribution in [1.82, 2.24) is 14.8 Å². The molecule has 0 N–H and O–H groups in total. The maximum Gasteiger partial charge on any atom is 0.253 e. The fraction of sp³-hybridized carbons (Fsp3) is 0.286. The van der Waals surface area contributed by atoms with Crippen LogP contribution in [0.1, 0.15) is 28.4 Å². The van der Waals surface area contributed by atoms with Gasteiger partial charge in [-0.25, -0.2) is 0 Å². The van der Waals surface area contributed by atoms with Crippen molar-refractivity contribution in [3.63, 3.8) is 0 Å². The molecule has 0 spiro atoms. The Balaban J connectivity index is 1.54. The van der Waals surface area contributed by atoms with Crippen LogP contribution in [0.3, 0.4) is 0 Å². The number of hydrogen-bond acceptors (Lipinski definition) is 3. The lowest BCUT2D eigenvalue weighted by molar-refractivity contribution is -0.127. The molecule has 134 valence electrons. The zero-order valence-electron chi connectivity index (χ0n) is 15.0. The molecule has 0 atom stereocenters. The van der Waals surface area contributed by atoms with E-state index in [0.29, 0.717) is 31.7 Å². The Labute approximate surface area is 154 Å². The van der Waals surface area contributed by atoms with Crippen molar-refractivity contribution in [2.45, 2.75) is 13.3 Å². The topological polar surface area (TPSA) is 53.5 Å². The van der Waals surface area contributed by atoms with E-state index >= 15 is 0 Å². The molecule has 2 aromatic rings. The molecule has 1 saturated heterocycles. The zero-order valence-corrected chi connectivity index (χ0v) is 15.0. The first-order valence-electron chi connectivity index (χ1n) is 8.92. The molecule has 0 saturated carbocycles. The first-order chi connectivity index (χ1) is 12.7. The minimum atomic E-state index is -0.0340. The highest BCUT2D eigenvalue weighted by Gasteiger charge is 2.23. The highest BCUT2D eigenvalue weighted by Crippen LogP contribution is 2.11. The Morgan fingerprint density at radius 3 is 2.35 bits per heavy atom. The molecule has 2 heterocycles. The van der Waals surface area contributed by atoms with Crippen LogP contribution in [0.4, 0.5) is 0 Å². The fourth-order valence-electron chi connectivity index (χ4n) is 2.94. The van der Waals surface area contributed by atoms with E-state index in [1.54, 1.807) is 29.4 Å². The quantitative estimate of drug-likeness (QED) is 0.798. The van der Waals surface area contributed by atoms with Gasteiger partial charge in [0.1, 0.15) is 0 Å². The van der Waals surface area contributed by atoms with Gasteiger partial charge in [-0.15, -0.1) is 0 Å². The molecule has 0 bridgehead atoms. The fourth-order valence-corrected chi connectivity index (χ4v) is 2.94. The van der Waals surface area contributed by atoms with Crippen molar-refractivity contribution in [2.24, 2.45) is 0 Å². The molecular formula is C21H23N3O2. The SMILES string of the molecule is CCc1ccc(C(=O)N2CCN(C(=O)/C=C/c3cccnc3)CC2)cc1. The summed E-state index contributed by atoms with van der Waals surface area (Å²) in [6, 6.07) is 11.5. The summed E-state index contributed by atoms with van der Waals surface area (Å²) in [5.74, 6) is -0.00101. The van der Waals surface area contributed by atoms with Gasteiger partial charge in [-0.05, 0) is 41.8 Å². The van der Waals surface area contributed by atoms with E-state index in [9.17, 15) is 9.59 Å². The predicted octanol–water partition coefficient (Wildman–Crippen LogP) is 2.64. The number of carbonyl (C=O) groups excluding carboxylic acids is 2. The maximum absolute atomic E-state index is 12.6. The summed E-state index contributed by atoms with van der Waals surface area (Å²) < 4.78 is 0. The van der Waals surface area contributed by atoms with Crippen LogP contribution >= 0.6 is 0 Å². The van der Waals surface area contributed by atoms with E-state index in [0.717, 1.165) is 12.0 Å². The second-order valence-electron chi connectivity index (χ2n) is 6.29. The van der Waals surface area contributed by atoms with Gasteiger partial charge in [-0.3, -0.25) is 14.6 Å². The van der Waals surface area contributed by atoms with Crippen LogP contribution in [0.2, 0.25) is 0 Å². The molecular weight excluding hydrogens is 326 g/mol. The molecule has 5 nitrogen and oxygen atoms in total. The third-order valence-electron chi connectivity index (χ3n) is 4.59. The van der Waals surface area contributed by atoms with Crippen LogP contribution in [0.25, 0.3) is 6.08 Å². The highest BCUT2D eigenvalue weighted by atomic mass is 16.2. The van der Waals surface area contributed by atoms with Crippen LogP contribution in [-0.2, 0) is 11.2 Å². The normalized spacial score (nSPS) is 14.7. The number of aromatic nitrogens is 1. The summed E-state index contributed by atoms with van der Waals surface area (Å²) in [7, 11) is 0. The van der Waals surface area contributed by atoms with Gasteiger partial charge in [0.05, 0.1) is 0 Å². The van der Waals surface area contributed by atoms with E-state index < -0.39 is 0 Å². The minimum absolute atomic E-state index is 0.0330. The van der Waals surface area contributed by atoms with E-state index in [4.69, 9.17) is 0 Å². The Kier molecular flexibility index (Phi) is 5.79. The van der Waals surface area contributed by atoms with Crippen molar-refractivity contribution in [2.75, 3.05) is 26.2 Å². The number of carbonyl (C=O) groups is 2. The third-order valence-corrected chi connectivity index (χ3v) is 4.59. The van der Waals surface area contributed by atoms with Crippen molar-refractivity contribution in [3.8, 4) is 0 Å². The number of nitrogens with zero attached hydrogens (tertiary/aromatic N) is 3. The van der Waals surface area contributed by atoms with Crippen LogP contribution in [0.15, 0.2) is 54.9 Å². The summed E-state index contributed by atoms with van der Waals surface area (Å²) in [5.41, 5.74) is 2.82. The third kappa shape index (κ3) is 4.36. The summed E-state index contributed by atoms with van der Waals surface area (Å²) >= 11 is 0. The molecule has 2 amide bonds. The predicted molar refractivity (Wildman–Crippen MR) is 102 cm³/mol. The number of amides is 2. The molecule has 26 heavy (non-hydrogen) atoms.